The summed E-state index contributed by atoms with van der Waals surface area (Å²) in [7, 11) is -0.435. The van der Waals surface area contributed by atoms with Crippen molar-refractivity contribution in [2.75, 3.05) is 27.2 Å². The fraction of sp³-hybridized carbons (Fsp3) is 0.391. The van der Waals surface area contributed by atoms with E-state index in [1.165, 1.54) is 11.4 Å². The second-order valence-electron chi connectivity index (χ2n) is 7.68. The summed E-state index contributed by atoms with van der Waals surface area (Å²) in [6.07, 6.45) is 0.785. The molecule has 6 nitrogen and oxygen atoms in total. The highest BCUT2D eigenvalue weighted by Crippen LogP contribution is 2.24. The summed E-state index contributed by atoms with van der Waals surface area (Å²) in [6.45, 7) is 6.17. The second kappa shape index (κ2) is 9.88. The Morgan fingerprint density at radius 2 is 1.57 bits per heavy atom. The molecule has 7 heteroatoms. The lowest BCUT2D eigenvalue weighted by atomic mass is 10.1. The van der Waals surface area contributed by atoms with Gasteiger partial charge in [-0.1, -0.05) is 29.8 Å². The lowest BCUT2D eigenvalue weighted by Crippen LogP contribution is -2.34. The first kappa shape index (κ1) is 23.6. The molecule has 0 aromatic heterocycles. The Morgan fingerprint density at radius 3 is 2.10 bits per heavy atom. The number of carbonyl (C=O) groups excluding carboxylic acids is 1. The number of hydrogen-bond donors (Lipinski definition) is 0. The standard InChI is InChI=1S/C23H29N3O3S/c1-17-14-18(2)23(19(3)15-17)30(28,29)26(5)13-11-22(27)25(4)12-10-20-6-8-21(16-24)9-7-20/h6-9,14-15H,10-13H2,1-5H3. The summed E-state index contributed by atoms with van der Waals surface area (Å²) in [5.41, 5.74) is 4.09. The third kappa shape index (κ3) is 5.68. The van der Waals surface area contributed by atoms with Crippen LogP contribution in [0, 0.1) is 32.1 Å². The maximum absolute atomic E-state index is 13.0. The normalized spacial score (nSPS) is 11.4. The zero-order chi connectivity index (χ0) is 22.5. The maximum Gasteiger partial charge on any atom is 0.243 e. The highest BCUT2D eigenvalue weighted by Gasteiger charge is 2.25. The van der Waals surface area contributed by atoms with E-state index in [-0.39, 0.29) is 18.9 Å². The van der Waals surface area contributed by atoms with Gasteiger partial charge in [-0.2, -0.15) is 5.26 Å². The topological polar surface area (TPSA) is 81.5 Å². The van der Waals surface area contributed by atoms with Crippen molar-refractivity contribution < 1.29 is 13.2 Å². The Balaban J connectivity index is 1.95. The molecule has 0 radical (unpaired) electrons. The number of carbonyl (C=O) groups is 1. The minimum atomic E-state index is -3.66. The minimum absolute atomic E-state index is 0.108. The van der Waals surface area contributed by atoms with Crippen molar-refractivity contribution in [3.63, 3.8) is 0 Å². The van der Waals surface area contributed by atoms with E-state index in [1.807, 2.05) is 31.2 Å². The molecular weight excluding hydrogens is 398 g/mol. The largest absolute Gasteiger partial charge is 0.345 e. The third-order valence-corrected chi connectivity index (χ3v) is 7.32. The van der Waals surface area contributed by atoms with Gasteiger partial charge in [0.15, 0.2) is 0 Å². The molecule has 0 spiro atoms. The molecule has 2 aromatic carbocycles. The number of likely N-dealkylation sites (N-methyl/N-ethyl adjacent to an activating group) is 1. The number of rotatable bonds is 8. The highest BCUT2D eigenvalue weighted by molar-refractivity contribution is 7.89. The van der Waals surface area contributed by atoms with E-state index in [2.05, 4.69) is 6.07 Å². The average Bonchev–Trinajstić information content (AvgIpc) is 2.69. The molecule has 0 bridgehead atoms. The van der Waals surface area contributed by atoms with Crippen LogP contribution in [0.25, 0.3) is 0 Å². The van der Waals surface area contributed by atoms with Crippen LogP contribution in [0.5, 0.6) is 0 Å². The Bertz CT molecular complexity index is 1030. The first-order chi connectivity index (χ1) is 14.1. The SMILES string of the molecule is Cc1cc(C)c(S(=O)(=O)N(C)CCC(=O)N(C)CCc2ccc(C#N)cc2)c(C)c1. The predicted molar refractivity (Wildman–Crippen MR) is 118 cm³/mol. The number of hydrogen-bond acceptors (Lipinski definition) is 4. The van der Waals surface area contributed by atoms with E-state index in [9.17, 15) is 13.2 Å². The van der Waals surface area contributed by atoms with Crippen LogP contribution in [0.4, 0.5) is 0 Å². The predicted octanol–water partition coefficient (Wildman–Crippen LogP) is 3.20. The number of benzene rings is 2. The highest BCUT2D eigenvalue weighted by atomic mass is 32.2. The molecule has 0 atom stereocenters. The second-order valence-corrected chi connectivity index (χ2v) is 9.66. The third-order valence-electron chi connectivity index (χ3n) is 5.16. The molecule has 0 fully saturated rings. The number of nitriles is 1. The smallest absolute Gasteiger partial charge is 0.243 e. The fourth-order valence-electron chi connectivity index (χ4n) is 3.46. The maximum atomic E-state index is 13.0. The van der Waals surface area contributed by atoms with Crippen LogP contribution in [0.2, 0.25) is 0 Å². The summed E-state index contributed by atoms with van der Waals surface area (Å²) in [5, 5.41) is 8.85. The van der Waals surface area contributed by atoms with E-state index >= 15 is 0 Å². The van der Waals surface area contributed by atoms with Gasteiger partial charge in [0.1, 0.15) is 0 Å². The Labute approximate surface area is 179 Å². The summed E-state index contributed by atoms with van der Waals surface area (Å²) in [4.78, 5) is 14.4. The lowest BCUT2D eigenvalue weighted by Gasteiger charge is -2.22. The van der Waals surface area contributed by atoms with Gasteiger partial charge in [0.25, 0.3) is 0 Å². The zero-order valence-electron chi connectivity index (χ0n) is 18.3. The molecule has 2 aromatic rings. The first-order valence-electron chi connectivity index (χ1n) is 9.83. The Hall–Kier alpha value is -2.69. The molecule has 0 N–H and O–H groups in total. The molecule has 0 heterocycles. The summed E-state index contributed by atoms with van der Waals surface area (Å²) >= 11 is 0. The van der Waals surface area contributed by atoms with Gasteiger partial charge < -0.3 is 4.90 Å². The first-order valence-corrected chi connectivity index (χ1v) is 11.3. The van der Waals surface area contributed by atoms with Crippen molar-refractivity contribution in [3.05, 3.63) is 64.2 Å². The lowest BCUT2D eigenvalue weighted by molar-refractivity contribution is -0.129. The molecule has 0 aliphatic carbocycles. The quantitative estimate of drug-likeness (QED) is 0.648. The number of sulfonamides is 1. The van der Waals surface area contributed by atoms with Crippen LogP contribution < -0.4 is 0 Å². The van der Waals surface area contributed by atoms with Crippen LogP contribution in [-0.4, -0.2) is 50.7 Å². The summed E-state index contributed by atoms with van der Waals surface area (Å²) < 4.78 is 27.3. The average molecular weight is 428 g/mol. The van der Waals surface area contributed by atoms with Crippen molar-refractivity contribution in [2.45, 2.75) is 38.5 Å². The summed E-state index contributed by atoms with van der Waals surface area (Å²) in [5.74, 6) is -0.108. The van der Waals surface area contributed by atoms with Gasteiger partial charge in [-0.3, -0.25) is 4.79 Å². The van der Waals surface area contributed by atoms with Gasteiger partial charge >= 0.3 is 0 Å². The summed E-state index contributed by atoms with van der Waals surface area (Å²) in [6, 6.07) is 13.1. The Morgan fingerprint density at radius 1 is 1.00 bits per heavy atom. The molecule has 30 heavy (non-hydrogen) atoms. The number of amides is 1. The number of aryl methyl sites for hydroxylation is 3. The molecule has 0 unspecified atom stereocenters. The van der Waals surface area contributed by atoms with Crippen LogP contribution in [-0.2, 0) is 21.2 Å². The van der Waals surface area contributed by atoms with Gasteiger partial charge in [-0.25, -0.2) is 12.7 Å². The molecule has 2 rings (SSSR count). The van der Waals surface area contributed by atoms with Gasteiger partial charge in [0.2, 0.25) is 15.9 Å². The fourth-order valence-corrected chi connectivity index (χ4v) is 5.04. The van der Waals surface area contributed by atoms with Gasteiger partial charge in [0, 0.05) is 33.6 Å². The van der Waals surface area contributed by atoms with Crippen LogP contribution in [0.3, 0.4) is 0 Å². The van der Waals surface area contributed by atoms with Crippen molar-refractivity contribution in [1.29, 1.82) is 5.26 Å². The van der Waals surface area contributed by atoms with E-state index in [1.54, 1.807) is 37.9 Å². The number of nitrogens with zero attached hydrogens (tertiary/aromatic N) is 3. The van der Waals surface area contributed by atoms with Crippen molar-refractivity contribution in [2.24, 2.45) is 0 Å². The Kier molecular flexibility index (Phi) is 7.77. The molecule has 0 saturated carbocycles. The van der Waals surface area contributed by atoms with Gasteiger partial charge in [0.05, 0.1) is 16.5 Å². The zero-order valence-corrected chi connectivity index (χ0v) is 19.1. The van der Waals surface area contributed by atoms with Crippen LogP contribution >= 0.6 is 0 Å². The van der Waals surface area contributed by atoms with E-state index in [4.69, 9.17) is 5.26 Å². The van der Waals surface area contributed by atoms with Gasteiger partial charge in [-0.15, -0.1) is 0 Å². The van der Waals surface area contributed by atoms with Gasteiger partial charge in [-0.05, 0) is 56.0 Å². The van der Waals surface area contributed by atoms with Crippen LogP contribution in [0.1, 0.15) is 34.2 Å². The molecule has 0 aliphatic rings. The minimum Gasteiger partial charge on any atom is -0.345 e. The molecule has 160 valence electrons. The monoisotopic (exact) mass is 427 g/mol. The molecular formula is C23H29N3O3S. The van der Waals surface area contributed by atoms with E-state index < -0.39 is 10.0 Å². The molecule has 1 amide bonds. The van der Waals surface area contributed by atoms with E-state index in [0.717, 1.165) is 11.1 Å². The van der Waals surface area contributed by atoms with Crippen molar-refractivity contribution in [1.82, 2.24) is 9.21 Å². The van der Waals surface area contributed by atoms with Crippen LogP contribution in [0.15, 0.2) is 41.3 Å². The molecule has 0 saturated heterocycles. The van der Waals surface area contributed by atoms with E-state index in [0.29, 0.717) is 34.6 Å². The van der Waals surface area contributed by atoms with Crippen molar-refractivity contribution >= 4 is 15.9 Å². The molecule has 0 aliphatic heterocycles. The van der Waals surface area contributed by atoms with Crippen molar-refractivity contribution in [3.8, 4) is 6.07 Å².